The van der Waals surface area contributed by atoms with E-state index >= 15 is 0 Å². The van der Waals surface area contributed by atoms with Crippen molar-refractivity contribution >= 4 is 16.5 Å². The van der Waals surface area contributed by atoms with Gasteiger partial charge in [-0.2, -0.15) is 0 Å². The first-order valence-corrected chi connectivity index (χ1v) is 7.86. The smallest absolute Gasteiger partial charge is 0.311 e. The van der Waals surface area contributed by atoms with Crippen molar-refractivity contribution in [2.24, 2.45) is 0 Å². The fourth-order valence-electron chi connectivity index (χ4n) is 2.58. The van der Waals surface area contributed by atoms with Gasteiger partial charge in [0.15, 0.2) is 5.75 Å². The molecule has 0 bridgehead atoms. The van der Waals surface area contributed by atoms with Crippen molar-refractivity contribution < 1.29 is 14.4 Å². The molecule has 0 N–H and O–H groups in total. The second-order valence-corrected chi connectivity index (χ2v) is 5.39. The summed E-state index contributed by atoms with van der Waals surface area (Å²) in [6, 6.07) is 12.3. The SMILES string of the molecule is CCCOc1nnc(-c2ccc(OC)c([N+](=O)[O-])c2)c2ccccc12. The lowest BCUT2D eigenvalue weighted by Crippen LogP contribution is -2.01. The molecule has 3 aromatic rings. The molecule has 25 heavy (non-hydrogen) atoms. The zero-order valence-corrected chi connectivity index (χ0v) is 13.9. The van der Waals surface area contributed by atoms with Crippen molar-refractivity contribution in [3.8, 4) is 22.9 Å². The third-order valence-electron chi connectivity index (χ3n) is 3.75. The van der Waals surface area contributed by atoms with Gasteiger partial charge in [0, 0.05) is 22.4 Å². The first-order valence-electron chi connectivity index (χ1n) is 7.86. The lowest BCUT2D eigenvalue weighted by Gasteiger charge is -2.10. The fourth-order valence-corrected chi connectivity index (χ4v) is 2.58. The molecule has 0 fully saturated rings. The molecule has 3 rings (SSSR count). The molecule has 0 spiro atoms. The van der Waals surface area contributed by atoms with Gasteiger partial charge in [0.1, 0.15) is 5.69 Å². The van der Waals surface area contributed by atoms with E-state index in [2.05, 4.69) is 10.2 Å². The lowest BCUT2D eigenvalue weighted by atomic mass is 10.0. The summed E-state index contributed by atoms with van der Waals surface area (Å²) in [7, 11) is 1.40. The van der Waals surface area contributed by atoms with Gasteiger partial charge in [0.25, 0.3) is 0 Å². The van der Waals surface area contributed by atoms with Crippen molar-refractivity contribution in [2.75, 3.05) is 13.7 Å². The lowest BCUT2D eigenvalue weighted by molar-refractivity contribution is -0.385. The molecule has 0 saturated heterocycles. The third kappa shape index (κ3) is 3.21. The highest BCUT2D eigenvalue weighted by atomic mass is 16.6. The van der Waals surface area contributed by atoms with Crippen molar-refractivity contribution in [3.63, 3.8) is 0 Å². The van der Waals surface area contributed by atoms with E-state index in [9.17, 15) is 10.1 Å². The maximum atomic E-state index is 11.3. The van der Waals surface area contributed by atoms with Crippen molar-refractivity contribution in [3.05, 3.63) is 52.6 Å². The van der Waals surface area contributed by atoms with Crippen LogP contribution in [0.15, 0.2) is 42.5 Å². The zero-order valence-electron chi connectivity index (χ0n) is 13.9. The van der Waals surface area contributed by atoms with Crippen molar-refractivity contribution in [1.29, 1.82) is 0 Å². The van der Waals surface area contributed by atoms with Crippen LogP contribution in [-0.4, -0.2) is 28.8 Å². The molecular weight excluding hydrogens is 322 g/mol. The van der Waals surface area contributed by atoms with Crippen LogP contribution in [0.2, 0.25) is 0 Å². The van der Waals surface area contributed by atoms with E-state index in [1.54, 1.807) is 12.1 Å². The molecule has 2 aromatic carbocycles. The molecular formula is C18H17N3O4. The molecule has 0 radical (unpaired) electrons. The highest BCUT2D eigenvalue weighted by molar-refractivity contribution is 5.97. The molecule has 0 amide bonds. The van der Waals surface area contributed by atoms with E-state index in [-0.39, 0.29) is 11.4 Å². The van der Waals surface area contributed by atoms with Gasteiger partial charge in [-0.25, -0.2) is 0 Å². The number of rotatable bonds is 6. The van der Waals surface area contributed by atoms with Crippen LogP contribution in [-0.2, 0) is 0 Å². The van der Waals surface area contributed by atoms with Crippen LogP contribution in [0, 0.1) is 10.1 Å². The van der Waals surface area contributed by atoms with Crippen molar-refractivity contribution in [1.82, 2.24) is 10.2 Å². The maximum Gasteiger partial charge on any atom is 0.311 e. The number of fused-ring (bicyclic) bond motifs is 1. The number of ether oxygens (including phenoxy) is 2. The molecule has 7 nitrogen and oxygen atoms in total. The van der Waals surface area contributed by atoms with E-state index in [0.717, 1.165) is 17.2 Å². The molecule has 1 aromatic heterocycles. The molecule has 1 heterocycles. The third-order valence-corrected chi connectivity index (χ3v) is 3.75. The van der Waals surface area contributed by atoms with Crippen LogP contribution in [0.3, 0.4) is 0 Å². The number of nitro groups is 1. The van der Waals surface area contributed by atoms with E-state index in [4.69, 9.17) is 9.47 Å². The van der Waals surface area contributed by atoms with E-state index in [1.165, 1.54) is 13.2 Å². The summed E-state index contributed by atoms with van der Waals surface area (Å²) in [6.45, 7) is 2.56. The van der Waals surface area contributed by atoms with Gasteiger partial charge in [-0.3, -0.25) is 10.1 Å². The van der Waals surface area contributed by atoms with E-state index in [1.807, 2.05) is 31.2 Å². The van der Waals surface area contributed by atoms with E-state index < -0.39 is 4.92 Å². The number of methoxy groups -OCH3 is 1. The first kappa shape index (κ1) is 16.6. The van der Waals surface area contributed by atoms with Gasteiger partial charge in [-0.05, 0) is 24.6 Å². The number of nitrogens with zero attached hydrogens (tertiary/aromatic N) is 3. The Kier molecular flexibility index (Phi) is 4.74. The highest BCUT2D eigenvalue weighted by Gasteiger charge is 2.18. The predicted octanol–water partition coefficient (Wildman–Crippen LogP) is 4.00. The van der Waals surface area contributed by atoms with Crippen molar-refractivity contribution in [2.45, 2.75) is 13.3 Å². The standard InChI is InChI=1S/C18H17N3O4/c1-3-10-25-18-14-7-5-4-6-13(14)17(19-20-18)12-8-9-16(24-2)15(11-12)21(22)23/h4-9,11H,3,10H2,1-2H3. The summed E-state index contributed by atoms with van der Waals surface area (Å²) in [4.78, 5) is 10.8. The summed E-state index contributed by atoms with van der Waals surface area (Å²) in [6.07, 6.45) is 0.864. The Morgan fingerprint density at radius 1 is 1.12 bits per heavy atom. The number of hydrogen-bond donors (Lipinski definition) is 0. The van der Waals surface area contributed by atoms with Crippen LogP contribution in [0.5, 0.6) is 11.6 Å². The zero-order chi connectivity index (χ0) is 17.8. The van der Waals surface area contributed by atoms with Gasteiger partial charge in [-0.1, -0.05) is 25.1 Å². The Labute approximate surface area is 144 Å². The second-order valence-electron chi connectivity index (χ2n) is 5.39. The molecule has 0 aliphatic rings. The highest BCUT2D eigenvalue weighted by Crippen LogP contribution is 2.35. The predicted molar refractivity (Wildman–Crippen MR) is 94.0 cm³/mol. The Balaban J connectivity index is 2.17. The Hall–Kier alpha value is -3.22. The number of nitro benzene ring substituents is 1. The second kappa shape index (κ2) is 7.12. The maximum absolute atomic E-state index is 11.3. The average molecular weight is 339 g/mol. The van der Waals surface area contributed by atoms with Gasteiger partial charge in [-0.15, -0.1) is 10.2 Å². The van der Waals surface area contributed by atoms with Crippen LogP contribution < -0.4 is 9.47 Å². The molecule has 128 valence electrons. The number of aromatic nitrogens is 2. The largest absolute Gasteiger partial charge is 0.490 e. The van der Waals surface area contributed by atoms with Gasteiger partial charge in [0.2, 0.25) is 5.88 Å². The number of hydrogen-bond acceptors (Lipinski definition) is 6. The molecule has 0 atom stereocenters. The minimum Gasteiger partial charge on any atom is -0.490 e. The Bertz CT molecular complexity index is 927. The minimum atomic E-state index is -0.476. The normalized spacial score (nSPS) is 10.6. The summed E-state index contributed by atoms with van der Waals surface area (Å²) in [5.74, 6) is 0.665. The van der Waals surface area contributed by atoms with E-state index in [0.29, 0.717) is 23.7 Å². The molecule has 7 heteroatoms. The monoisotopic (exact) mass is 339 g/mol. The minimum absolute atomic E-state index is 0.114. The van der Waals surface area contributed by atoms with Gasteiger partial charge >= 0.3 is 5.69 Å². The quantitative estimate of drug-likeness (QED) is 0.498. The fraction of sp³-hybridized carbons (Fsp3) is 0.222. The van der Waals surface area contributed by atoms with Crippen LogP contribution in [0.1, 0.15) is 13.3 Å². The summed E-state index contributed by atoms with van der Waals surface area (Å²) < 4.78 is 10.7. The van der Waals surface area contributed by atoms with Gasteiger partial charge in [0.05, 0.1) is 18.6 Å². The van der Waals surface area contributed by atoms with Crippen LogP contribution in [0.25, 0.3) is 22.0 Å². The number of benzene rings is 2. The summed E-state index contributed by atoms with van der Waals surface area (Å²) >= 11 is 0. The average Bonchev–Trinajstić information content (AvgIpc) is 2.65. The molecule has 0 saturated carbocycles. The van der Waals surface area contributed by atoms with Crippen LogP contribution >= 0.6 is 0 Å². The Morgan fingerprint density at radius 2 is 1.88 bits per heavy atom. The van der Waals surface area contributed by atoms with Crippen LogP contribution in [0.4, 0.5) is 5.69 Å². The molecule has 0 unspecified atom stereocenters. The Morgan fingerprint density at radius 3 is 2.56 bits per heavy atom. The van der Waals surface area contributed by atoms with Gasteiger partial charge < -0.3 is 9.47 Å². The topological polar surface area (TPSA) is 87.4 Å². The summed E-state index contributed by atoms with van der Waals surface area (Å²) in [5.41, 5.74) is 1.04. The first-order chi connectivity index (χ1) is 12.2. The molecule has 0 aliphatic heterocycles. The molecule has 0 aliphatic carbocycles. The summed E-state index contributed by atoms with van der Waals surface area (Å²) in [5, 5.41) is 21.3.